The van der Waals surface area contributed by atoms with Gasteiger partial charge in [-0.3, -0.25) is 4.90 Å². The van der Waals surface area contributed by atoms with Crippen molar-refractivity contribution in [3.05, 3.63) is 0 Å². The molecule has 2 unspecified atom stereocenters. The summed E-state index contributed by atoms with van der Waals surface area (Å²) in [4.78, 5) is 2.45. The van der Waals surface area contributed by atoms with Crippen molar-refractivity contribution in [2.45, 2.75) is 45.7 Å². The molecule has 0 aliphatic carbocycles. The van der Waals surface area contributed by atoms with E-state index in [4.69, 9.17) is 0 Å². The van der Waals surface area contributed by atoms with Gasteiger partial charge in [-0.15, -0.1) is 0 Å². The molecule has 0 aromatic carbocycles. The standard InChI is InChI=1S/C9H19N/c1-7(2)6-8-9(3,4)10(8)5/h7-8H,6H2,1-5H3. The molecule has 0 aromatic heterocycles. The van der Waals surface area contributed by atoms with E-state index < -0.39 is 0 Å². The quantitative estimate of drug-likeness (QED) is 0.532. The first-order valence-electron chi connectivity index (χ1n) is 4.19. The van der Waals surface area contributed by atoms with E-state index in [0.29, 0.717) is 5.54 Å². The molecule has 1 rings (SSSR count). The molecule has 60 valence electrons. The van der Waals surface area contributed by atoms with E-state index in [9.17, 15) is 0 Å². The molecule has 1 aliphatic heterocycles. The Bertz CT molecular complexity index is 127. The number of likely N-dealkylation sites (N-methyl/N-ethyl adjacent to an activating group) is 1. The molecular formula is C9H19N. The Morgan fingerprint density at radius 1 is 1.40 bits per heavy atom. The molecule has 0 bridgehead atoms. The summed E-state index contributed by atoms with van der Waals surface area (Å²) in [6, 6.07) is 0.840. The fraction of sp³-hybridized carbons (Fsp3) is 1.00. The third-order valence-electron chi connectivity index (χ3n) is 2.82. The van der Waals surface area contributed by atoms with Gasteiger partial charge in [0.25, 0.3) is 0 Å². The van der Waals surface area contributed by atoms with Gasteiger partial charge in [-0.25, -0.2) is 0 Å². The Morgan fingerprint density at radius 3 is 1.90 bits per heavy atom. The van der Waals surface area contributed by atoms with Crippen molar-refractivity contribution in [1.29, 1.82) is 0 Å². The minimum absolute atomic E-state index is 0.490. The Labute approximate surface area is 64.4 Å². The summed E-state index contributed by atoms with van der Waals surface area (Å²) in [5, 5.41) is 0. The molecule has 0 N–H and O–H groups in total. The van der Waals surface area contributed by atoms with Crippen molar-refractivity contribution in [1.82, 2.24) is 4.90 Å². The van der Waals surface area contributed by atoms with E-state index in [1.165, 1.54) is 6.42 Å². The van der Waals surface area contributed by atoms with E-state index >= 15 is 0 Å². The first-order chi connectivity index (χ1) is 4.46. The van der Waals surface area contributed by atoms with Crippen molar-refractivity contribution in [3.63, 3.8) is 0 Å². The topological polar surface area (TPSA) is 3.01 Å². The van der Waals surface area contributed by atoms with Crippen LogP contribution in [0.3, 0.4) is 0 Å². The highest BCUT2D eigenvalue weighted by Crippen LogP contribution is 2.41. The third-order valence-corrected chi connectivity index (χ3v) is 2.82. The SMILES string of the molecule is CC(C)CC1N(C)C1(C)C. The van der Waals surface area contributed by atoms with Gasteiger partial charge in [0.1, 0.15) is 0 Å². The fourth-order valence-corrected chi connectivity index (χ4v) is 1.66. The summed E-state index contributed by atoms with van der Waals surface area (Å²) < 4.78 is 0. The van der Waals surface area contributed by atoms with Gasteiger partial charge in [0.05, 0.1) is 0 Å². The molecule has 1 saturated heterocycles. The largest absolute Gasteiger partial charge is 0.295 e. The molecule has 0 radical (unpaired) electrons. The average molecular weight is 141 g/mol. The van der Waals surface area contributed by atoms with Crippen molar-refractivity contribution in [2.24, 2.45) is 5.92 Å². The maximum atomic E-state index is 2.45. The van der Waals surface area contributed by atoms with Gasteiger partial charge < -0.3 is 0 Å². The van der Waals surface area contributed by atoms with Crippen LogP contribution in [0.5, 0.6) is 0 Å². The number of nitrogens with zero attached hydrogens (tertiary/aromatic N) is 1. The summed E-state index contributed by atoms with van der Waals surface area (Å²) in [5.74, 6) is 0.842. The molecule has 1 heterocycles. The van der Waals surface area contributed by atoms with Crippen molar-refractivity contribution < 1.29 is 0 Å². The highest BCUT2D eigenvalue weighted by molar-refractivity contribution is 5.09. The zero-order chi connectivity index (χ0) is 7.94. The maximum Gasteiger partial charge on any atom is 0.0309 e. The lowest BCUT2D eigenvalue weighted by Crippen LogP contribution is -2.05. The van der Waals surface area contributed by atoms with E-state index in [0.717, 1.165) is 12.0 Å². The van der Waals surface area contributed by atoms with Crippen molar-refractivity contribution >= 4 is 0 Å². The van der Waals surface area contributed by atoms with Gasteiger partial charge in [0.15, 0.2) is 0 Å². The van der Waals surface area contributed by atoms with Crippen LogP contribution in [0.25, 0.3) is 0 Å². The highest BCUT2D eigenvalue weighted by atomic mass is 15.4. The molecule has 1 nitrogen and oxygen atoms in total. The summed E-state index contributed by atoms with van der Waals surface area (Å²) in [5.41, 5.74) is 0.490. The lowest BCUT2D eigenvalue weighted by Gasteiger charge is -2.02. The van der Waals surface area contributed by atoms with Crippen LogP contribution in [-0.2, 0) is 0 Å². The minimum Gasteiger partial charge on any atom is -0.295 e. The van der Waals surface area contributed by atoms with Crippen molar-refractivity contribution in [2.75, 3.05) is 7.05 Å². The fourth-order valence-electron chi connectivity index (χ4n) is 1.66. The second-order valence-electron chi connectivity index (χ2n) is 4.41. The summed E-state index contributed by atoms with van der Waals surface area (Å²) in [6.07, 6.45) is 1.35. The number of hydrogen-bond donors (Lipinski definition) is 0. The Balaban J connectivity index is 2.35. The van der Waals surface area contributed by atoms with Gasteiger partial charge in [-0.1, -0.05) is 13.8 Å². The van der Waals surface area contributed by atoms with Gasteiger partial charge in [-0.05, 0) is 33.2 Å². The van der Waals surface area contributed by atoms with E-state index in [-0.39, 0.29) is 0 Å². The second-order valence-corrected chi connectivity index (χ2v) is 4.41. The average Bonchev–Trinajstić information content (AvgIpc) is 2.17. The number of rotatable bonds is 2. The number of hydrogen-bond acceptors (Lipinski definition) is 1. The van der Waals surface area contributed by atoms with E-state index in [2.05, 4.69) is 39.6 Å². The molecule has 1 aliphatic rings. The smallest absolute Gasteiger partial charge is 0.0309 e. The first-order valence-corrected chi connectivity index (χ1v) is 4.19. The molecule has 0 spiro atoms. The van der Waals surface area contributed by atoms with Gasteiger partial charge in [-0.2, -0.15) is 0 Å². The molecular weight excluding hydrogens is 122 g/mol. The first kappa shape index (κ1) is 8.06. The minimum atomic E-state index is 0.490. The molecule has 10 heavy (non-hydrogen) atoms. The Morgan fingerprint density at radius 2 is 1.80 bits per heavy atom. The second kappa shape index (κ2) is 2.23. The monoisotopic (exact) mass is 141 g/mol. The predicted octanol–water partition coefficient (Wildman–Crippen LogP) is 2.13. The van der Waals surface area contributed by atoms with Gasteiger partial charge in [0, 0.05) is 11.6 Å². The molecule has 1 fully saturated rings. The van der Waals surface area contributed by atoms with E-state index in [1.807, 2.05) is 0 Å². The molecule has 1 heteroatoms. The Hall–Kier alpha value is -0.0400. The van der Waals surface area contributed by atoms with Crippen LogP contribution in [-0.4, -0.2) is 23.5 Å². The summed E-state index contributed by atoms with van der Waals surface area (Å²) in [7, 11) is 2.22. The third kappa shape index (κ3) is 1.20. The molecule has 0 saturated carbocycles. The van der Waals surface area contributed by atoms with Crippen LogP contribution in [0.1, 0.15) is 34.1 Å². The predicted molar refractivity (Wildman–Crippen MR) is 45.1 cm³/mol. The van der Waals surface area contributed by atoms with Crippen molar-refractivity contribution in [3.8, 4) is 0 Å². The van der Waals surface area contributed by atoms with Gasteiger partial charge in [0.2, 0.25) is 0 Å². The van der Waals surface area contributed by atoms with E-state index in [1.54, 1.807) is 0 Å². The molecule has 0 amide bonds. The van der Waals surface area contributed by atoms with Crippen LogP contribution < -0.4 is 0 Å². The zero-order valence-corrected chi connectivity index (χ0v) is 7.81. The van der Waals surface area contributed by atoms with Gasteiger partial charge >= 0.3 is 0 Å². The molecule has 0 aromatic rings. The van der Waals surface area contributed by atoms with Crippen LogP contribution in [0, 0.1) is 5.92 Å². The summed E-state index contributed by atoms with van der Waals surface area (Å²) in [6.45, 7) is 9.23. The van der Waals surface area contributed by atoms with Crippen LogP contribution in [0.2, 0.25) is 0 Å². The maximum absolute atomic E-state index is 2.45. The van der Waals surface area contributed by atoms with Crippen LogP contribution >= 0.6 is 0 Å². The van der Waals surface area contributed by atoms with Crippen LogP contribution in [0.4, 0.5) is 0 Å². The summed E-state index contributed by atoms with van der Waals surface area (Å²) >= 11 is 0. The Kier molecular flexibility index (Phi) is 1.80. The zero-order valence-electron chi connectivity index (χ0n) is 7.81. The van der Waals surface area contributed by atoms with Crippen LogP contribution in [0.15, 0.2) is 0 Å². The lowest BCUT2D eigenvalue weighted by atomic mass is 10.0. The molecule has 2 atom stereocenters. The highest BCUT2D eigenvalue weighted by Gasteiger charge is 2.51. The lowest BCUT2D eigenvalue weighted by molar-refractivity contribution is 0.494. The normalized spacial score (nSPS) is 36.6.